The predicted octanol–water partition coefficient (Wildman–Crippen LogP) is 4.82. The van der Waals surface area contributed by atoms with Crippen LogP contribution in [0.4, 0.5) is 8.78 Å². The Balaban J connectivity index is 3.37. The van der Waals surface area contributed by atoms with Crippen LogP contribution in [0.5, 0.6) is 5.75 Å². The minimum Gasteiger partial charge on any atom is -0.496 e. The summed E-state index contributed by atoms with van der Waals surface area (Å²) in [5.41, 5.74) is 2.71. The Morgan fingerprint density at radius 1 is 1.33 bits per heavy atom. The lowest BCUT2D eigenvalue weighted by atomic mass is 9.96. The molecule has 0 aromatic heterocycles. The molecule has 0 saturated heterocycles. The van der Waals surface area contributed by atoms with Crippen molar-refractivity contribution in [3.05, 3.63) is 46.5 Å². The van der Waals surface area contributed by atoms with Gasteiger partial charge in [-0.1, -0.05) is 6.08 Å². The molecule has 0 fully saturated rings. The van der Waals surface area contributed by atoms with Crippen molar-refractivity contribution in [2.75, 3.05) is 7.11 Å². The molecule has 0 aliphatic carbocycles. The van der Waals surface area contributed by atoms with E-state index in [1.165, 1.54) is 19.3 Å². The highest BCUT2D eigenvalue weighted by molar-refractivity contribution is 5.82. The van der Waals surface area contributed by atoms with Crippen molar-refractivity contribution in [3.63, 3.8) is 0 Å². The Morgan fingerprint density at radius 2 is 1.95 bits per heavy atom. The van der Waals surface area contributed by atoms with E-state index in [4.69, 9.17) is 4.74 Å². The van der Waals surface area contributed by atoms with Gasteiger partial charge < -0.3 is 4.74 Å². The molecule has 0 unspecified atom stereocenters. The van der Waals surface area contributed by atoms with E-state index in [0.717, 1.165) is 18.1 Å². The maximum atomic E-state index is 13.4. The number of aryl methyl sites for hydroxylation is 1. The van der Waals surface area contributed by atoms with Gasteiger partial charge in [0.25, 0.3) is 5.92 Å². The van der Waals surface area contributed by atoms with Crippen molar-refractivity contribution in [1.82, 2.24) is 0 Å². The Morgan fingerprint density at radius 3 is 2.38 bits per heavy atom. The highest BCUT2D eigenvalue weighted by atomic mass is 19.3. The molecule has 1 aromatic carbocycles. The molecule has 0 atom stereocenters. The Bertz CT molecular complexity index is 594. The van der Waals surface area contributed by atoms with Crippen LogP contribution in [0.25, 0.3) is 5.57 Å². The first-order valence-corrected chi connectivity index (χ1v) is 6.61. The Kier molecular flexibility index (Phi) is 5.41. The number of carbonyl (C=O) groups excluding carboxylic acids is 1. The highest BCUT2D eigenvalue weighted by Crippen LogP contribution is 2.31. The zero-order chi connectivity index (χ0) is 16.2. The maximum absolute atomic E-state index is 13.4. The summed E-state index contributed by atoms with van der Waals surface area (Å²) in [5.74, 6) is -2.46. The molecule has 0 aliphatic heterocycles. The molecule has 1 aromatic rings. The van der Waals surface area contributed by atoms with E-state index in [9.17, 15) is 13.6 Å². The van der Waals surface area contributed by atoms with Gasteiger partial charge in [0.05, 0.1) is 12.7 Å². The Hall–Kier alpha value is -1.97. The second-order valence-corrected chi connectivity index (χ2v) is 4.99. The van der Waals surface area contributed by atoms with E-state index < -0.39 is 5.92 Å². The van der Waals surface area contributed by atoms with Crippen molar-refractivity contribution in [2.24, 2.45) is 0 Å². The van der Waals surface area contributed by atoms with Crippen LogP contribution >= 0.6 is 0 Å². The molecule has 0 saturated carbocycles. The minimum atomic E-state index is -2.89. The molecule has 0 aliphatic rings. The summed E-state index contributed by atoms with van der Waals surface area (Å²) in [6.45, 7) is 6.05. The first-order chi connectivity index (χ1) is 9.74. The first-order valence-electron chi connectivity index (χ1n) is 6.61. The second-order valence-electron chi connectivity index (χ2n) is 4.99. The molecule has 4 heteroatoms. The number of hydrogen-bond acceptors (Lipinski definition) is 2. The van der Waals surface area contributed by atoms with E-state index >= 15 is 0 Å². The van der Waals surface area contributed by atoms with Gasteiger partial charge in [-0.15, -0.1) is 0 Å². The minimum absolute atomic E-state index is 0.0437. The Labute approximate surface area is 124 Å². The molecule has 0 N–H and O–H groups in total. The zero-order valence-corrected chi connectivity index (χ0v) is 13.0. The summed E-state index contributed by atoms with van der Waals surface area (Å²) >= 11 is 0. The molecule has 0 spiro atoms. The third-order valence-corrected chi connectivity index (χ3v) is 3.32. The van der Waals surface area contributed by atoms with Crippen LogP contribution in [-0.4, -0.2) is 19.3 Å². The van der Waals surface area contributed by atoms with Crippen molar-refractivity contribution in [2.45, 2.75) is 33.6 Å². The number of ether oxygens (including phenoxy) is 1. The molecular formula is C17H20F2O2. The van der Waals surface area contributed by atoms with Gasteiger partial charge in [-0.05, 0) is 55.7 Å². The summed E-state index contributed by atoms with van der Waals surface area (Å²) in [5, 5.41) is 0. The molecule has 114 valence electrons. The van der Waals surface area contributed by atoms with Gasteiger partial charge >= 0.3 is 0 Å². The summed E-state index contributed by atoms with van der Waals surface area (Å²) in [7, 11) is 1.47. The monoisotopic (exact) mass is 294 g/mol. The molecule has 1 rings (SSSR count). The van der Waals surface area contributed by atoms with Gasteiger partial charge in [-0.2, -0.15) is 0 Å². The topological polar surface area (TPSA) is 26.3 Å². The largest absolute Gasteiger partial charge is 0.496 e. The van der Waals surface area contributed by atoms with E-state index in [1.807, 2.05) is 6.92 Å². The van der Waals surface area contributed by atoms with Crippen LogP contribution in [0, 0.1) is 6.92 Å². The molecule has 0 bridgehead atoms. The summed E-state index contributed by atoms with van der Waals surface area (Å²) < 4.78 is 32.0. The SMILES string of the molecule is C/C=C(\C=C(/C)c1cc(OC)c(C=O)cc1C)C(C)(F)F. The third kappa shape index (κ3) is 4.00. The fraction of sp³-hybridized carbons (Fsp3) is 0.353. The van der Waals surface area contributed by atoms with Crippen LogP contribution in [0.1, 0.15) is 42.3 Å². The average Bonchev–Trinajstić information content (AvgIpc) is 2.42. The quantitative estimate of drug-likeness (QED) is 0.575. The van der Waals surface area contributed by atoms with Crippen molar-refractivity contribution >= 4 is 11.9 Å². The second kappa shape index (κ2) is 6.66. The lowest BCUT2D eigenvalue weighted by molar-refractivity contribution is 0.0674. The third-order valence-electron chi connectivity index (χ3n) is 3.32. The van der Waals surface area contributed by atoms with Gasteiger partial charge in [-0.3, -0.25) is 4.79 Å². The van der Waals surface area contributed by atoms with Crippen molar-refractivity contribution in [1.29, 1.82) is 0 Å². The standard InChI is InChI=1S/C17H20F2O2/c1-6-14(17(4,18)19)8-12(3)15-9-16(21-5)13(10-20)7-11(15)2/h6-10H,1-5H3/b12-8+,14-6+. The normalized spacial score (nSPS) is 13.3. The predicted molar refractivity (Wildman–Crippen MR) is 81.1 cm³/mol. The summed E-state index contributed by atoms with van der Waals surface area (Å²) in [6, 6.07) is 3.39. The van der Waals surface area contributed by atoms with E-state index in [1.54, 1.807) is 26.0 Å². The number of hydrogen-bond donors (Lipinski definition) is 0. The van der Waals surface area contributed by atoms with Gasteiger partial charge in [-0.25, -0.2) is 8.78 Å². The molecule has 21 heavy (non-hydrogen) atoms. The van der Waals surface area contributed by atoms with Crippen LogP contribution in [0.15, 0.2) is 29.9 Å². The fourth-order valence-corrected chi connectivity index (χ4v) is 2.18. The highest BCUT2D eigenvalue weighted by Gasteiger charge is 2.25. The average molecular weight is 294 g/mol. The van der Waals surface area contributed by atoms with E-state index in [-0.39, 0.29) is 5.57 Å². The lowest BCUT2D eigenvalue weighted by Crippen LogP contribution is -2.12. The summed E-state index contributed by atoms with van der Waals surface area (Å²) in [6.07, 6.45) is 3.57. The van der Waals surface area contributed by atoms with E-state index in [2.05, 4.69) is 0 Å². The number of allylic oxidation sites excluding steroid dienone is 4. The van der Waals surface area contributed by atoms with Gasteiger partial charge in [0.15, 0.2) is 6.29 Å². The number of halogens is 2. The first kappa shape index (κ1) is 17.1. The van der Waals surface area contributed by atoms with Crippen LogP contribution in [0.3, 0.4) is 0 Å². The van der Waals surface area contributed by atoms with Gasteiger partial charge in [0, 0.05) is 12.5 Å². The maximum Gasteiger partial charge on any atom is 0.270 e. The molecular weight excluding hydrogens is 274 g/mol. The van der Waals surface area contributed by atoms with Gasteiger partial charge in [0.2, 0.25) is 0 Å². The van der Waals surface area contributed by atoms with Crippen molar-refractivity contribution < 1.29 is 18.3 Å². The van der Waals surface area contributed by atoms with Crippen LogP contribution < -0.4 is 4.74 Å². The number of benzene rings is 1. The molecule has 0 heterocycles. The number of carbonyl (C=O) groups is 1. The smallest absolute Gasteiger partial charge is 0.270 e. The van der Waals surface area contributed by atoms with Crippen LogP contribution in [0.2, 0.25) is 0 Å². The number of rotatable bonds is 5. The number of aldehydes is 1. The van der Waals surface area contributed by atoms with Crippen molar-refractivity contribution in [3.8, 4) is 5.75 Å². The van der Waals surface area contributed by atoms with Gasteiger partial charge in [0.1, 0.15) is 5.75 Å². The molecule has 0 radical (unpaired) electrons. The lowest BCUT2D eigenvalue weighted by Gasteiger charge is -2.15. The number of methoxy groups -OCH3 is 1. The fourth-order valence-electron chi connectivity index (χ4n) is 2.18. The number of alkyl halides is 2. The zero-order valence-electron chi connectivity index (χ0n) is 13.0. The van der Waals surface area contributed by atoms with E-state index in [0.29, 0.717) is 23.2 Å². The summed E-state index contributed by atoms with van der Waals surface area (Å²) in [4.78, 5) is 11.0. The molecule has 0 amide bonds. The molecule has 2 nitrogen and oxygen atoms in total. The van der Waals surface area contributed by atoms with Crippen LogP contribution in [-0.2, 0) is 0 Å².